The van der Waals surface area contributed by atoms with Gasteiger partial charge in [0.05, 0.1) is 27.4 Å². The Hall–Kier alpha value is -3.48. The van der Waals surface area contributed by atoms with E-state index in [1.54, 1.807) is 25.1 Å². The van der Waals surface area contributed by atoms with E-state index in [4.69, 9.17) is 27.9 Å². The third kappa shape index (κ3) is 3.90. The van der Waals surface area contributed by atoms with Crippen LogP contribution < -0.4 is 4.90 Å². The molecule has 3 aromatic carbocycles. The van der Waals surface area contributed by atoms with Crippen LogP contribution in [0, 0.1) is 6.92 Å². The summed E-state index contributed by atoms with van der Waals surface area (Å²) in [5.41, 5.74) is 1.76. The lowest BCUT2D eigenvalue weighted by Gasteiger charge is -2.16. The molecule has 6 nitrogen and oxygen atoms in total. The average molecular weight is 468 g/mol. The highest BCUT2D eigenvalue weighted by Gasteiger charge is 2.37. The van der Waals surface area contributed by atoms with E-state index < -0.39 is 30.2 Å². The van der Waals surface area contributed by atoms with Crippen molar-refractivity contribution in [1.29, 1.82) is 0 Å². The fourth-order valence-corrected chi connectivity index (χ4v) is 3.92. The molecular weight excluding hydrogens is 453 g/mol. The largest absolute Gasteiger partial charge is 0.454 e. The first-order valence-electron chi connectivity index (χ1n) is 9.52. The molecule has 8 heteroatoms. The number of para-hydroxylation sites is 1. The summed E-state index contributed by atoms with van der Waals surface area (Å²) in [6.45, 7) is 1.26. The second-order valence-electron chi connectivity index (χ2n) is 7.12. The monoisotopic (exact) mass is 467 g/mol. The lowest BCUT2D eigenvalue weighted by molar-refractivity contribution is 0.0474. The number of imide groups is 1. The van der Waals surface area contributed by atoms with Gasteiger partial charge in [0.1, 0.15) is 0 Å². The fourth-order valence-electron chi connectivity index (χ4n) is 3.41. The van der Waals surface area contributed by atoms with Crippen LogP contribution in [0.4, 0.5) is 5.69 Å². The maximum absolute atomic E-state index is 12.9. The SMILES string of the molecule is Cc1ccccc1N1C(=O)c2ccc(C(=O)OCC(=O)c3ccc(Cl)cc3Cl)cc2C1=O. The zero-order valence-corrected chi connectivity index (χ0v) is 18.2. The van der Waals surface area contributed by atoms with Crippen LogP contribution in [0.5, 0.6) is 0 Å². The highest BCUT2D eigenvalue weighted by atomic mass is 35.5. The first-order valence-corrected chi connectivity index (χ1v) is 10.3. The summed E-state index contributed by atoms with van der Waals surface area (Å²) in [5, 5.41) is 0.525. The van der Waals surface area contributed by atoms with Crippen LogP contribution >= 0.6 is 23.2 Å². The second kappa shape index (κ2) is 8.57. The molecule has 0 saturated heterocycles. The van der Waals surface area contributed by atoms with Gasteiger partial charge in [-0.3, -0.25) is 14.4 Å². The van der Waals surface area contributed by atoms with Crippen molar-refractivity contribution in [1.82, 2.24) is 0 Å². The fraction of sp³-hybridized carbons (Fsp3) is 0.0833. The summed E-state index contributed by atoms with van der Waals surface area (Å²) in [5.74, 6) is -2.30. The van der Waals surface area contributed by atoms with Crippen molar-refractivity contribution in [2.75, 3.05) is 11.5 Å². The van der Waals surface area contributed by atoms with E-state index in [1.165, 1.54) is 36.4 Å². The van der Waals surface area contributed by atoms with Crippen LogP contribution in [-0.4, -0.2) is 30.2 Å². The number of amides is 2. The smallest absolute Gasteiger partial charge is 0.338 e. The van der Waals surface area contributed by atoms with Crippen molar-refractivity contribution in [3.05, 3.63) is 98.5 Å². The molecule has 1 aliphatic rings. The Bertz CT molecular complexity index is 1300. The van der Waals surface area contributed by atoms with Gasteiger partial charge < -0.3 is 4.74 Å². The molecule has 0 aromatic heterocycles. The highest BCUT2D eigenvalue weighted by Crippen LogP contribution is 2.31. The predicted octanol–water partition coefficient (Wildman–Crippen LogP) is 5.14. The number of fused-ring (bicyclic) bond motifs is 1. The molecule has 1 heterocycles. The number of rotatable bonds is 5. The number of anilines is 1. The van der Waals surface area contributed by atoms with Gasteiger partial charge in [0, 0.05) is 10.6 Å². The van der Waals surface area contributed by atoms with Gasteiger partial charge >= 0.3 is 5.97 Å². The minimum atomic E-state index is -0.805. The Kier molecular flexibility index (Phi) is 5.82. The first-order chi connectivity index (χ1) is 15.3. The molecule has 3 aromatic rings. The number of aryl methyl sites for hydroxylation is 1. The van der Waals surface area contributed by atoms with E-state index in [-0.39, 0.29) is 27.3 Å². The van der Waals surface area contributed by atoms with E-state index in [0.29, 0.717) is 10.7 Å². The van der Waals surface area contributed by atoms with E-state index in [9.17, 15) is 19.2 Å². The lowest BCUT2D eigenvalue weighted by atomic mass is 10.1. The van der Waals surface area contributed by atoms with Gasteiger partial charge in [-0.1, -0.05) is 41.4 Å². The minimum absolute atomic E-state index is 0.0477. The summed E-state index contributed by atoms with van der Waals surface area (Å²) in [6, 6.07) is 15.5. The number of carbonyl (C=O) groups excluding carboxylic acids is 4. The maximum atomic E-state index is 12.9. The molecule has 0 unspecified atom stereocenters. The average Bonchev–Trinajstić information content (AvgIpc) is 3.02. The predicted molar refractivity (Wildman–Crippen MR) is 120 cm³/mol. The molecule has 32 heavy (non-hydrogen) atoms. The number of Topliss-reactive ketones (excluding diaryl/α,β-unsaturated/α-hetero) is 1. The van der Waals surface area contributed by atoms with Crippen molar-refractivity contribution in [2.45, 2.75) is 6.92 Å². The molecule has 160 valence electrons. The number of ketones is 1. The van der Waals surface area contributed by atoms with Crippen LogP contribution in [-0.2, 0) is 4.74 Å². The quantitative estimate of drug-likeness (QED) is 0.294. The Balaban J connectivity index is 1.52. The molecule has 0 atom stereocenters. The Morgan fingerprint density at radius 2 is 1.62 bits per heavy atom. The molecule has 0 bridgehead atoms. The Labute approximate surface area is 193 Å². The normalized spacial score (nSPS) is 12.7. The minimum Gasteiger partial charge on any atom is -0.454 e. The molecule has 4 rings (SSSR count). The third-order valence-corrected chi connectivity index (χ3v) is 5.59. The zero-order valence-electron chi connectivity index (χ0n) is 16.7. The van der Waals surface area contributed by atoms with E-state index >= 15 is 0 Å². The number of ether oxygens (including phenoxy) is 1. The van der Waals surface area contributed by atoms with E-state index in [0.717, 1.165) is 10.5 Å². The summed E-state index contributed by atoms with van der Waals surface area (Å²) in [7, 11) is 0. The van der Waals surface area contributed by atoms with Crippen LogP contribution in [0.15, 0.2) is 60.7 Å². The van der Waals surface area contributed by atoms with Gasteiger partial charge in [-0.15, -0.1) is 0 Å². The summed E-state index contributed by atoms with van der Waals surface area (Å²) < 4.78 is 5.09. The van der Waals surface area contributed by atoms with Crippen LogP contribution in [0.3, 0.4) is 0 Å². The van der Waals surface area contributed by atoms with Crippen molar-refractivity contribution < 1.29 is 23.9 Å². The molecule has 0 spiro atoms. The summed E-state index contributed by atoms with van der Waals surface area (Å²) >= 11 is 11.8. The number of benzene rings is 3. The van der Waals surface area contributed by atoms with Gasteiger partial charge in [-0.05, 0) is 55.0 Å². The summed E-state index contributed by atoms with van der Waals surface area (Å²) in [6.07, 6.45) is 0. The van der Waals surface area contributed by atoms with Gasteiger partial charge in [-0.2, -0.15) is 0 Å². The Morgan fingerprint density at radius 3 is 2.34 bits per heavy atom. The number of hydrogen-bond acceptors (Lipinski definition) is 5. The van der Waals surface area contributed by atoms with Crippen LogP contribution in [0.2, 0.25) is 10.0 Å². The molecule has 0 radical (unpaired) electrons. The topological polar surface area (TPSA) is 80.8 Å². The van der Waals surface area contributed by atoms with Crippen molar-refractivity contribution in [3.8, 4) is 0 Å². The number of carbonyl (C=O) groups is 4. The molecular formula is C24H15Cl2NO5. The standard InChI is InChI=1S/C24H15Cl2NO5/c1-13-4-2-3-5-20(13)27-22(29)16-8-6-14(10-18(16)23(27)30)24(31)32-12-21(28)17-9-7-15(25)11-19(17)26/h2-11H,12H2,1H3. The van der Waals surface area contributed by atoms with Crippen LogP contribution in [0.1, 0.15) is 47.0 Å². The highest BCUT2D eigenvalue weighted by molar-refractivity contribution is 6.37. The third-order valence-electron chi connectivity index (χ3n) is 5.04. The molecule has 0 saturated carbocycles. The first kappa shape index (κ1) is 21.7. The molecule has 0 N–H and O–H groups in total. The number of hydrogen-bond donors (Lipinski definition) is 0. The van der Waals surface area contributed by atoms with Crippen molar-refractivity contribution in [3.63, 3.8) is 0 Å². The summed E-state index contributed by atoms with van der Waals surface area (Å²) in [4.78, 5) is 51.6. The maximum Gasteiger partial charge on any atom is 0.338 e. The Morgan fingerprint density at radius 1 is 0.906 bits per heavy atom. The molecule has 0 aliphatic carbocycles. The van der Waals surface area contributed by atoms with E-state index in [1.807, 2.05) is 6.07 Å². The molecule has 2 amide bonds. The molecule has 1 aliphatic heterocycles. The van der Waals surface area contributed by atoms with Crippen molar-refractivity contribution >= 4 is 52.5 Å². The van der Waals surface area contributed by atoms with Crippen molar-refractivity contribution in [2.24, 2.45) is 0 Å². The molecule has 0 fully saturated rings. The van der Waals surface area contributed by atoms with E-state index in [2.05, 4.69) is 0 Å². The number of esters is 1. The van der Waals surface area contributed by atoms with Gasteiger partial charge in [0.25, 0.3) is 11.8 Å². The van der Waals surface area contributed by atoms with Crippen LogP contribution in [0.25, 0.3) is 0 Å². The number of nitrogens with zero attached hydrogens (tertiary/aromatic N) is 1. The number of halogens is 2. The zero-order chi connectivity index (χ0) is 23.0. The second-order valence-corrected chi connectivity index (χ2v) is 7.96. The van der Waals surface area contributed by atoms with Gasteiger partial charge in [-0.25, -0.2) is 9.69 Å². The van der Waals surface area contributed by atoms with Gasteiger partial charge in [0.15, 0.2) is 6.61 Å². The lowest BCUT2D eigenvalue weighted by Crippen LogP contribution is -2.29. The van der Waals surface area contributed by atoms with Gasteiger partial charge in [0.2, 0.25) is 5.78 Å².